The first-order valence-corrected chi connectivity index (χ1v) is 5.12. The molecule has 0 spiro atoms. The van der Waals surface area contributed by atoms with E-state index in [1.54, 1.807) is 6.07 Å². The predicted molar refractivity (Wildman–Crippen MR) is 57.7 cm³/mol. The van der Waals surface area contributed by atoms with E-state index >= 15 is 0 Å². The van der Waals surface area contributed by atoms with Crippen LogP contribution >= 0.6 is 0 Å². The van der Waals surface area contributed by atoms with E-state index in [1.807, 2.05) is 0 Å². The van der Waals surface area contributed by atoms with E-state index in [1.165, 1.54) is 18.2 Å². The molecule has 2 N–H and O–H groups in total. The predicted octanol–water partition coefficient (Wildman–Crippen LogP) is 1.07. The van der Waals surface area contributed by atoms with E-state index in [4.69, 9.17) is 0 Å². The maximum atomic E-state index is 11.2. The number of aliphatic hydroxyl groups is 1. The van der Waals surface area contributed by atoms with Gasteiger partial charge in [-0.2, -0.15) is 0 Å². The maximum absolute atomic E-state index is 11.2. The van der Waals surface area contributed by atoms with Crippen LogP contribution in [0.2, 0.25) is 0 Å². The lowest BCUT2D eigenvalue weighted by molar-refractivity contribution is -0.385. The second-order valence-corrected chi connectivity index (χ2v) is 4.26. The average Bonchev–Trinajstić information content (AvgIpc) is 2.24. The van der Waals surface area contributed by atoms with Crippen molar-refractivity contribution in [2.75, 3.05) is 0 Å². The fourth-order valence-corrected chi connectivity index (χ4v) is 2.20. The van der Waals surface area contributed by atoms with Crippen molar-refractivity contribution in [1.82, 2.24) is 0 Å². The summed E-state index contributed by atoms with van der Waals surface area (Å²) in [5.41, 5.74) is -0.931. The number of carbonyl (C=O) groups is 1. The maximum Gasteiger partial charge on any atom is 0.314 e. The van der Waals surface area contributed by atoms with Gasteiger partial charge in [0.15, 0.2) is 0 Å². The minimum Gasteiger partial charge on any atom is -0.481 e. The van der Waals surface area contributed by atoms with E-state index in [0.717, 1.165) is 0 Å². The normalized spacial score (nSPS) is 27.2. The SMILES string of the molecule is O=C(O)C1(c2cccc([N+](=O)[O-])c2)CC(O)C1. The van der Waals surface area contributed by atoms with Crippen molar-refractivity contribution < 1.29 is 19.9 Å². The van der Waals surface area contributed by atoms with Crippen LogP contribution in [0, 0.1) is 10.1 Å². The number of nitro benzene ring substituents is 1. The quantitative estimate of drug-likeness (QED) is 0.605. The summed E-state index contributed by atoms with van der Waals surface area (Å²) < 4.78 is 0. The molecule has 0 amide bonds. The Bertz CT molecular complexity index is 479. The number of nitrogens with zero attached hydrogens (tertiary/aromatic N) is 1. The molecule has 0 saturated heterocycles. The van der Waals surface area contributed by atoms with Gasteiger partial charge in [0.2, 0.25) is 0 Å². The molecule has 6 heteroatoms. The van der Waals surface area contributed by atoms with Gasteiger partial charge in [0.1, 0.15) is 0 Å². The molecule has 1 aromatic rings. The molecule has 1 aromatic carbocycles. The highest BCUT2D eigenvalue weighted by Crippen LogP contribution is 2.44. The van der Waals surface area contributed by atoms with Gasteiger partial charge in [0.25, 0.3) is 5.69 Å². The smallest absolute Gasteiger partial charge is 0.314 e. The van der Waals surface area contributed by atoms with Gasteiger partial charge in [-0.1, -0.05) is 12.1 Å². The van der Waals surface area contributed by atoms with Crippen LogP contribution < -0.4 is 0 Å². The molecule has 0 bridgehead atoms. The Morgan fingerprint density at radius 1 is 1.47 bits per heavy atom. The van der Waals surface area contributed by atoms with E-state index in [0.29, 0.717) is 5.56 Å². The summed E-state index contributed by atoms with van der Waals surface area (Å²) >= 11 is 0. The van der Waals surface area contributed by atoms with Crippen LogP contribution in [0.1, 0.15) is 18.4 Å². The molecule has 1 fully saturated rings. The van der Waals surface area contributed by atoms with Crippen molar-refractivity contribution in [3.8, 4) is 0 Å². The first kappa shape index (κ1) is 11.5. The fourth-order valence-electron chi connectivity index (χ4n) is 2.20. The summed E-state index contributed by atoms with van der Waals surface area (Å²) in [5, 5.41) is 29.1. The third kappa shape index (κ3) is 1.76. The Morgan fingerprint density at radius 3 is 2.59 bits per heavy atom. The second kappa shape index (κ2) is 3.81. The Balaban J connectivity index is 2.41. The van der Waals surface area contributed by atoms with Gasteiger partial charge in [-0.25, -0.2) is 0 Å². The molecule has 0 aromatic heterocycles. The molecule has 90 valence electrons. The fraction of sp³-hybridized carbons (Fsp3) is 0.364. The average molecular weight is 237 g/mol. The number of nitro groups is 1. The molecular weight excluding hydrogens is 226 g/mol. The number of aliphatic carboxylic acids is 1. The highest BCUT2D eigenvalue weighted by Gasteiger charge is 2.51. The zero-order valence-corrected chi connectivity index (χ0v) is 8.87. The Hall–Kier alpha value is -1.95. The summed E-state index contributed by atoms with van der Waals surface area (Å²) in [6.07, 6.45) is -0.446. The molecule has 17 heavy (non-hydrogen) atoms. The summed E-state index contributed by atoms with van der Waals surface area (Å²) in [4.78, 5) is 21.3. The first-order chi connectivity index (χ1) is 7.95. The van der Waals surface area contributed by atoms with Crippen LogP contribution in [-0.4, -0.2) is 27.2 Å². The van der Waals surface area contributed by atoms with Crippen molar-refractivity contribution in [3.05, 3.63) is 39.9 Å². The topological polar surface area (TPSA) is 101 Å². The van der Waals surface area contributed by atoms with Crippen molar-refractivity contribution in [2.45, 2.75) is 24.4 Å². The van der Waals surface area contributed by atoms with Crippen molar-refractivity contribution >= 4 is 11.7 Å². The molecule has 6 nitrogen and oxygen atoms in total. The standard InChI is InChI=1S/C11H11NO5/c13-9-5-11(6-9,10(14)15)7-2-1-3-8(4-7)12(16)17/h1-4,9,13H,5-6H2,(H,14,15). The third-order valence-electron chi connectivity index (χ3n) is 3.19. The lowest BCUT2D eigenvalue weighted by atomic mass is 9.62. The van der Waals surface area contributed by atoms with Crippen LogP contribution in [0.5, 0.6) is 0 Å². The van der Waals surface area contributed by atoms with Crippen molar-refractivity contribution in [3.63, 3.8) is 0 Å². The van der Waals surface area contributed by atoms with Crippen LogP contribution in [-0.2, 0) is 10.2 Å². The van der Waals surface area contributed by atoms with Gasteiger partial charge in [-0.15, -0.1) is 0 Å². The number of benzene rings is 1. The van der Waals surface area contributed by atoms with E-state index in [-0.39, 0.29) is 18.5 Å². The summed E-state index contributed by atoms with van der Waals surface area (Å²) in [5.74, 6) is -1.05. The molecule has 1 aliphatic carbocycles. The molecule has 0 radical (unpaired) electrons. The number of hydrogen-bond acceptors (Lipinski definition) is 4. The number of carboxylic acids is 1. The summed E-state index contributed by atoms with van der Waals surface area (Å²) in [7, 11) is 0. The number of hydrogen-bond donors (Lipinski definition) is 2. The van der Waals surface area contributed by atoms with Crippen molar-refractivity contribution in [2.24, 2.45) is 0 Å². The number of aliphatic hydroxyl groups excluding tert-OH is 1. The molecular formula is C11H11NO5. The number of rotatable bonds is 3. The lowest BCUT2D eigenvalue weighted by Gasteiger charge is -2.41. The van der Waals surface area contributed by atoms with Crippen LogP contribution in [0.4, 0.5) is 5.69 Å². The monoisotopic (exact) mass is 237 g/mol. The zero-order valence-electron chi connectivity index (χ0n) is 8.87. The Labute approximate surface area is 96.7 Å². The van der Waals surface area contributed by atoms with Gasteiger partial charge in [-0.05, 0) is 18.4 Å². The summed E-state index contributed by atoms with van der Waals surface area (Å²) in [6.45, 7) is 0. The zero-order chi connectivity index (χ0) is 12.6. The third-order valence-corrected chi connectivity index (χ3v) is 3.19. The van der Waals surface area contributed by atoms with Crippen LogP contribution in [0.15, 0.2) is 24.3 Å². The van der Waals surface area contributed by atoms with Gasteiger partial charge in [-0.3, -0.25) is 14.9 Å². The number of carboxylic acid groups (broad SMARTS) is 1. The molecule has 1 aliphatic rings. The molecule has 0 atom stereocenters. The first-order valence-electron chi connectivity index (χ1n) is 5.12. The molecule has 0 unspecified atom stereocenters. The van der Waals surface area contributed by atoms with Gasteiger partial charge in [0, 0.05) is 12.1 Å². The molecule has 1 saturated carbocycles. The molecule has 0 aliphatic heterocycles. The Morgan fingerprint density at radius 2 is 2.12 bits per heavy atom. The largest absolute Gasteiger partial charge is 0.481 e. The second-order valence-electron chi connectivity index (χ2n) is 4.26. The lowest BCUT2D eigenvalue weighted by Crippen LogP contribution is -2.50. The number of non-ortho nitro benzene ring substituents is 1. The van der Waals surface area contributed by atoms with Gasteiger partial charge in [0.05, 0.1) is 16.4 Å². The highest BCUT2D eigenvalue weighted by atomic mass is 16.6. The van der Waals surface area contributed by atoms with E-state index in [9.17, 15) is 25.1 Å². The summed E-state index contributed by atoms with van der Waals surface area (Å²) in [6, 6.07) is 5.59. The minimum atomic E-state index is -1.18. The molecule has 2 rings (SSSR count). The van der Waals surface area contributed by atoms with Gasteiger partial charge >= 0.3 is 5.97 Å². The van der Waals surface area contributed by atoms with Crippen LogP contribution in [0.3, 0.4) is 0 Å². The van der Waals surface area contributed by atoms with Crippen LogP contribution in [0.25, 0.3) is 0 Å². The van der Waals surface area contributed by atoms with Gasteiger partial charge < -0.3 is 10.2 Å². The Kier molecular flexibility index (Phi) is 2.59. The highest BCUT2D eigenvalue weighted by molar-refractivity contribution is 5.83. The van der Waals surface area contributed by atoms with Crippen molar-refractivity contribution in [1.29, 1.82) is 0 Å². The molecule has 0 heterocycles. The van der Waals surface area contributed by atoms with E-state index < -0.39 is 22.4 Å². The minimum absolute atomic E-state index is 0.101. The van der Waals surface area contributed by atoms with E-state index in [2.05, 4.69) is 0 Å².